The maximum Gasteiger partial charge on any atom is 0.265 e. The summed E-state index contributed by atoms with van der Waals surface area (Å²) in [6, 6.07) is 5.31. The standard InChI is InChI=1S/C9H9NO3S/c1-14(11,12)13-8-4-6-9-5-2-3-7-10-9/h2-3,5,7H,8H2,1H3. The molecular formula is C9H9NO3S. The van der Waals surface area contributed by atoms with Gasteiger partial charge < -0.3 is 0 Å². The number of nitrogens with zero attached hydrogens (tertiary/aromatic N) is 1. The lowest BCUT2D eigenvalue weighted by Crippen LogP contribution is -2.02. The predicted molar refractivity (Wildman–Crippen MR) is 51.9 cm³/mol. The highest BCUT2D eigenvalue weighted by Crippen LogP contribution is 1.89. The van der Waals surface area contributed by atoms with Crippen molar-refractivity contribution < 1.29 is 12.6 Å². The molecule has 0 aliphatic rings. The van der Waals surface area contributed by atoms with Crippen molar-refractivity contribution in [3.8, 4) is 11.8 Å². The first-order chi connectivity index (χ1) is 6.58. The van der Waals surface area contributed by atoms with Crippen LogP contribution in [0.4, 0.5) is 0 Å². The molecule has 0 bridgehead atoms. The molecule has 0 saturated heterocycles. The molecule has 0 amide bonds. The first kappa shape index (κ1) is 10.7. The van der Waals surface area contributed by atoms with Crippen LogP contribution in [0.2, 0.25) is 0 Å². The summed E-state index contributed by atoms with van der Waals surface area (Å²) < 4.78 is 25.5. The fourth-order valence-electron chi connectivity index (χ4n) is 0.700. The number of hydrogen-bond donors (Lipinski definition) is 0. The molecule has 14 heavy (non-hydrogen) atoms. The molecule has 0 N–H and O–H groups in total. The van der Waals surface area contributed by atoms with Crippen LogP contribution < -0.4 is 0 Å². The number of pyridine rings is 1. The second-order valence-electron chi connectivity index (χ2n) is 2.48. The van der Waals surface area contributed by atoms with E-state index >= 15 is 0 Å². The summed E-state index contributed by atoms with van der Waals surface area (Å²) in [6.45, 7) is -0.143. The van der Waals surface area contributed by atoms with Crippen LogP contribution in [-0.4, -0.2) is 26.3 Å². The van der Waals surface area contributed by atoms with Gasteiger partial charge in [-0.05, 0) is 18.1 Å². The van der Waals surface area contributed by atoms with Gasteiger partial charge in [0.15, 0.2) is 0 Å². The Balaban J connectivity index is 2.50. The lowest BCUT2D eigenvalue weighted by atomic mass is 10.3. The van der Waals surface area contributed by atoms with Gasteiger partial charge in [0.1, 0.15) is 12.3 Å². The molecule has 1 aromatic heterocycles. The first-order valence-electron chi connectivity index (χ1n) is 3.82. The maximum absolute atomic E-state index is 10.5. The average Bonchev–Trinajstić information content (AvgIpc) is 2.13. The van der Waals surface area contributed by atoms with E-state index in [1.54, 1.807) is 24.4 Å². The Morgan fingerprint density at radius 3 is 2.86 bits per heavy atom. The minimum absolute atomic E-state index is 0.143. The highest BCUT2D eigenvalue weighted by Gasteiger charge is 1.97. The lowest BCUT2D eigenvalue weighted by molar-refractivity contribution is 0.368. The zero-order chi connectivity index (χ0) is 10.4. The highest BCUT2D eigenvalue weighted by atomic mass is 32.2. The molecular weight excluding hydrogens is 202 g/mol. The van der Waals surface area contributed by atoms with Gasteiger partial charge in [-0.2, -0.15) is 8.42 Å². The number of rotatable bonds is 2. The van der Waals surface area contributed by atoms with E-state index in [2.05, 4.69) is 21.0 Å². The van der Waals surface area contributed by atoms with Crippen molar-refractivity contribution in [3.63, 3.8) is 0 Å². The van der Waals surface area contributed by atoms with E-state index < -0.39 is 10.1 Å². The van der Waals surface area contributed by atoms with Crippen molar-refractivity contribution in [2.24, 2.45) is 0 Å². The van der Waals surface area contributed by atoms with Crippen LogP contribution in [0.25, 0.3) is 0 Å². The van der Waals surface area contributed by atoms with E-state index in [1.165, 1.54) is 0 Å². The monoisotopic (exact) mass is 211 g/mol. The first-order valence-corrected chi connectivity index (χ1v) is 5.64. The molecule has 0 atom stereocenters. The van der Waals surface area contributed by atoms with Crippen molar-refractivity contribution in [3.05, 3.63) is 30.1 Å². The topological polar surface area (TPSA) is 56.3 Å². The van der Waals surface area contributed by atoms with Crippen LogP contribution in [0.5, 0.6) is 0 Å². The van der Waals surface area contributed by atoms with E-state index in [1.807, 2.05) is 0 Å². The van der Waals surface area contributed by atoms with Crippen molar-refractivity contribution >= 4 is 10.1 Å². The van der Waals surface area contributed by atoms with Crippen LogP contribution in [0, 0.1) is 11.8 Å². The van der Waals surface area contributed by atoms with Crippen LogP contribution >= 0.6 is 0 Å². The summed E-state index contributed by atoms with van der Waals surface area (Å²) in [5.74, 6) is 5.21. The van der Waals surface area contributed by atoms with Crippen molar-refractivity contribution in [1.82, 2.24) is 4.98 Å². The van der Waals surface area contributed by atoms with Gasteiger partial charge in [-0.25, -0.2) is 4.98 Å². The lowest BCUT2D eigenvalue weighted by Gasteiger charge is -1.91. The molecule has 0 saturated carbocycles. The van der Waals surface area contributed by atoms with Crippen LogP contribution in [0.3, 0.4) is 0 Å². The third-order valence-electron chi connectivity index (χ3n) is 1.23. The van der Waals surface area contributed by atoms with E-state index in [0.29, 0.717) is 5.69 Å². The Hall–Kier alpha value is -1.38. The van der Waals surface area contributed by atoms with Gasteiger partial charge in [0, 0.05) is 6.20 Å². The minimum Gasteiger partial charge on any atom is -0.257 e. The highest BCUT2D eigenvalue weighted by molar-refractivity contribution is 7.85. The third kappa shape index (κ3) is 4.60. The summed E-state index contributed by atoms with van der Waals surface area (Å²) in [6.07, 6.45) is 2.59. The molecule has 0 aromatic carbocycles. The number of hydrogen-bond acceptors (Lipinski definition) is 4. The molecule has 0 fully saturated rings. The second kappa shape index (κ2) is 4.74. The molecule has 0 aliphatic carbocycles. The van der Waals surface area contributed by atoms with Gasteiger partial charge >= 0.3 is 0 Å². The van der Waals surface area contributed by atoms with Gasteiger partial charge in [-0.3, -0.25) is 4.18 Å². The Bertz CT molecular complexity index is 442. The Morgan fingerprint density at radius 1 is 1.50 bits per heavy atom. The van der Waals surface area contributed by atoms with Crippen LogP contribution in [0.15, 0.2) is 24.4 Å². The molecule has 1 rings (SSSR count). The second-order valence-corrected chi connectivity index (χ2v) is 4.13. The van der Waals surface area contributed by atoms with Crippen molar-refractivity contribution in [2.75, 3.05) is 12.9 Å². The molecule has 0 radical (unpaired) electrons. The van der Waals surface area contributed by atoms with Gasteiger partial charge in [0.2, 0.25) is 0 Å². The Labute approximate surface area is 83.1 Å². The molecule has 1 aromatic rings. The molecule has 0 spiro atoms. The van der Waals surface area contributed by atoms with Crippen LogP contribution in [-0.2, 0) is 14.3 Å². The molecule has 4 nitrogen and oxygen atoms in total. The zero-order valence-corrected chi connectivity index (χ0v) is 8.41. The quantitative estimate of drug-likeness (QED) is 0.525. The zero-order valence-electron chi connectivity index (χ0n) is 7.60. The molecule has 0 unspecified atom stereocenters. The van der Waals surface area contributed by atoms with Gasteiger partial charge in [0.05, 0.1) is 6.26 Å². The van der Waals surface area contributed by atoms with Gasteiger partial charge in [-0.1, -0.05) is 12.0 Å². The van der Waals surface area contributed by atoms with E-state index in [0.717, 1.165) is 6.26 Å². The predicted octanol–water partition coefficient (Wildman–Crippen LogP) is 0.409. The largest absolute Gasteiger partial charge is 0.265 e. The fraction of sp³-hybridized carbons (Fsp3) is 0.222. The smallest absolute Gasteiger partial charge is 0.257 e. The SMILES string of the molecule is CS(=O)(=O)OCC#Cc1ccccn1. The summed E-state index contributed by atoms with van der Waals surface area (Å²) in [7, 11) is -3.40. The summed E-state index contributed by atoms with van der Waals surface area (Å²) in [5.41, 5.74) is 0.588. The maximum atomic E-state index is 10.5. The molecule has 5 heteroatoms. The van der Waals surface area contributed by atoms with Crippen LogP contribution in [0.1, 0.15) is 5.69 Å². The van der Waals surface area contributed by atoms with E-state index in [4.69, 9.17) is 0 Å². The fourth-order valence-corrected chi connectivity index (χ4v) is 0.973. The molecule has 74 valence electrons. The summed E-state index contributed by atoms with van der Waals surface area (Å²) in [4.78, 5) is 3.93. The molecule has 0 aliphatic heterocycles. The van der Waals surface area contributed by atoms with Crippen molar-refractivity contribution in [1.29, 1.82) is 0 Å². The third-order valence-corrected chi connectivity index (χ3v) is 1.77. The molecule has 1 heterocycles. The van der Waals surface area contributed by atoms with Crippen molar-refractivity contribution in [2.45, 2.75) is 0 Å². The normalized spacial score (nSPS) is 10.4. The van der Waals surface area contributed by atoms with Gasteiger partial charge in [0.25, 0.3) is 10.1 Å². The average molecular weight is 211 g/mol. The summed E-state index contributed by atoms with van der Waals surface area (Å²) in [5, 5.41) is 0. The van der Waals surface area contributed by atoms with E-state index in [9.17, 15) is 8.42 Å². The Morgan fingerprint density at radius 2 is 2.29 bits per heavy atom. The van der Waals surface area contributed by atoms with E-state index in [-0.39, 0.29) is 6.61 Å². The Kier molecular flexibility index (Phi) is 3.63. The number of aromatic nitrogens is 1. The minimum atomic E-state index is -3.40. The summed E-state index contributed by atoms with van der Waals surface area (Å²) >= 11 is 0. The van der Waals surface area contributed by atoms with Gasteiger partial charge in [-0.15, -0.1) is 0 Å².